The highest BCUT2D eigenvalue weighted by atomic mass is 16.4. The van der Waals surface area contributed by atoms with E-state index in [2.05, 4.69) is 0 Å². The molecule has 0 amide bonds. The Morgan fingerprint density at radius 3 is 1.83 bits per heavy atom. The van der Waals surface area contributed by atoms with Crippen LogP contribution in [0.15, 0.2) is 46.1 Å². The van der Waals surface area contributed by atoms with Gasteiger partial charge >= 0.3 is 11.9 Å². The number of carbonyl (C=O) groups excluding carboxylic acids is 2. The summed E-state index contributed by atoms with van der Waals surface area (Å²) in [6.07, 6.45) is 0.391. The summed E-state index contributed by atoms with van der Waals surface area (Å²) in [7, 11) is 0. The molecule has 0 aromatic heterocycles. The predicted molar refractivity (Wildman–Crippen MR) is 93.0 cm³/mol. The minimum atomic E-state index is -1.85. The standard InChI is InChI=1S/C18H10O12/c19-3-1-5(21)9(17(27)28)13(23)7(3)11-15(25)12(16(11)26)8-4(20)2-6(22)10(14(8)24)18(29)30/h1-2,19,21-25H,(H,27,28)(H,29,30). The van der Waals surface area contributed by atoms with Crippen molar-refractivity contribution >= 4 is 29.1 Å². The maximum Gasteiger partial charge on any atom is 0.343 e. The lowest BCUT2D eigenvalue weighted by Crippen LogP contribution is -2.28. The summed E-state index contributed by atoms with van der Waals surface area (Å²) in [5, 5.41) is 77.5. The zero-order chi connectivity index (χ0) is 22.7. The average molecular weight is 418 g/mol. The van der Waals surface area contributed by atoms with E-state index in [0.29, 0.717) is 12.1 Å². The summed E-state index contributed by atoms with van der Waals surface area (Å²) in [4.78, 5) is 47.0. The first-order valence-electron chi connectivity index (χ1n) is 7.76. The fourth-order valence-electron chi connectivity index (χ4n) is 3.05. The molecule has 0 atom stereocenters. The van der Waals surface area contributed by atoms with E-state index in [1.807, 2.05) is 0 Å². The second kappa shape index (κ2) is 6.41. The number of aliphatic hydroxyl groups excluding tert-OH is 3. The molecule has 0 spiro atoms. The van der Waals surface area contributed by atoms with Crippen LogP contribution in [0, 0.1) is 0 Å². The first kappa shape index (κ1) is 20.0. The number of Topliss-reactive ketones (excluding diaryl/α,β-unsaturated/α-hetero) is 1. The lowest BCUT2D eigenvalue weighted by atomic mass is 9.77. The van der Waals surface area contributed by atoms with Gasteiger partial charge in [0.2, 0.25) is 5.78 Å². The highest BCUT2D eigenvalue weighted by Crippen LogP contribution is 2.49. The topological polar surface area (TPSA) is 230 Å². The Balaban J connectivity index is 2.31. The van der Waals surface area contributed by atoms with Crippen molar-refractivity contribution in [2.24, 2.45) is 0 Å². The number of rotatable bonds is 3. The van der Waals surface area contributed by atoms with E-state index in [4.69, 9.17) is 10.2 Å². The number of aromatic carboxylic acids is 1. The Labute approximate surface area is 164 Å². The molecule has 1 aromatic rings. The van der Waals surface area contributed by atoms with Crippen LogP contribution in [-0.4, -0.2) is 64.4 Å². The number of hydrogen-bond donors (Lipinski definition) is 8. The van der Waals surface area contributed by atoms with E-state index in [1.54, 1.807) is 0 Å². The third kappa shape index (κ3) is 2.55. The highest BCUT2D eigenvalue weighted by molar-refractivity contribution is 6.42. The van der Waals surface area contributed by atoms with Gasteiger partial charge < -0.3 is 40.9 Å². The van der Waals surface area contributed by atoms with E-state index >= 15 is 0 Å². The molecule has 12 heteroatoms. The molecule has 0 bridgehead atoms. The Hall–Kier alpha value is -4.74. The zero-order valence-corrected chi connectivity index (χ0v) is 14.4. The maximum atomic E-state index is 12.6. The van der Waals surface area contributed by atoms with Crippen molar-refractivity contribution < 1.29 is 60.0 Å². The highest BCUT2D eigenvalue weighted by Gasteiger charge is 2.45. The summed E-state index contributed by atoms with van der Waals surface area (Å²) >= 11 is 0. The second-order valence-corrected chi connectivity index (χ2v) is 6.04. The Kier molecular flexibility index (Phi) is 4.27. The minimum absolute atomic E-state index is 0.391. The largest absolute Gasteiger partial charge is 0.507 e. The first-order valence-corrected chi connectivity index (χ1v) is 7.76. The Morgan fingerprint density at radius 2 is 1.33 bits per heavy atom. The summed E-state index contributed by atoms with van der Waals surface area (Å²) in [5.74, 6) is -13.0. The van der Waals surface area contributed by atoms with Crippen molar-refractivity contribution in [3.05, 3.63) is 57.3 Å². The number of aliphatic hydroxyl groups is 3. The molecule has 0 saturated carbocycles. The molecule has 0 fully saturated rings. The third-order valence-electron chi connectivity index (χ3n) is 4.36. The second-order valence-electron chi connectivity index (χ2n) is 6.04. The number of carboxylic acid groups (broad SMARTS) is 2. The third-order valence-corrected chi connectivity index (χ3v) is 4.36. The molecule has 3 rings (SSSR count). The molecule has 154 valence electrons. The number of phenolic OH excluding ortho intramolecular Hbond substituents is 1. The molecule has 0 aliphatic heterocycles. The lowest BCUT2D eigenvalue weighted by molar-refractivity contribution is -0.132. The van der Waals surface area contributed by atoms with E-state index in [-0.39, 0.29) is 0 Å². The van der Waals surface area contributed by atoms with Gasteiger partial charge in [0, 0.05) is 12.1 Å². The van der Waals surface area contributed by atoms with Crippen LogP contribution in [-0.2, 0) is 14.4 Å². The van der Waals surface area contributed by atoms with Crippen molar-refractivity contribution in [2.45, 2.75) is 0 Å². The van der Waals surface area contributed by atoms with Crippen LogP contribution >= 0.6 is 0 Å². The van der Waals surface area contributed by atoms with Crippen molar-refractivity contribution in [1.29, 1.82) is 0 Å². The molecule has 30 heavy (non-hydrogen) atoms. The van der Waals surface area contributed by atoms with Gasteiger partial charge in [-0.3, -0.25) is 9.59 Å². The molecule has 2 aliphatic rings. The fraction of sp³-hybridized carbons (Fsp3) is 0. The molecule has 0 heterocycles. The SMILES string of the molecule is O=C(O)C1=C(O)C(=C2C(=O)C(c3c(O)cc(O)c(C(=O)O)c3O)=C2O)C(=O)C=C1O. The van der Waals surface area contributed by atoms with Gasteiger partial charge in [-0.2, -0.15) is 0 Å². The van der Waals surface area contributed by atoms with E-state index in [0.717, 1.165) is 0 Å². The molecule has 2 aliphatic carbocycles. The summed E-state index contributed by atoms with van der Waals surface area (Å²) < 4.78 is 0. The van der Waals surface area contributed by atoms with Crippen LogP contribution in [0.1, 0.15) is 15.9 Å². The first-order chi connectivity index (χ1) is 13.9. The summed E-state index contributed by atoms with van der Waals surface area (Å²) in [5.41, 5.74) is -5.79. The van der Waals surface area contributed by atoms with Gasteiger partial charge in [-0.05, 0) is 0 Å². The van der Waals surface area contributed by atoms with Crippen LogP contribution < -0.4 is 0 Å². The fourth-order valence-corrected chi connectivity index (χ4v) is 3.05. The summed E-state index contributed by atoms with van der Waals surface area (Å²) in [6.45, 7) is 0. The van der Waals surface area contributed by atoms with Gasteiger partial charge in [-0.25, -0.2) is 9.59 Å². The summed E-state index contributed by atoms with van der Waals surface area (Å²) in [6, 6.07) is 0.490. The van der Waals surface area contributed by atoms with Crippen LogP contribution in [0.2, 0.25) is 0 Å². The van der Waals surface area contributed by atoms with Crippen LogP contribution in [0.25, 0.3) is 5.57 Å². The van der Waals surface area contributed by atoms with Crippen molar-refractivity contribution in [1.82, 2.24) is 0 Å². The molecule has 12 nitrogen and oxygen atoms in total. The number of carbonyl (C=O) groups is 4. The quantitative estimate of drug-likeness (QED) is 0.315. The molecule has 8 N–H and O–H groups in total. The number of aromatic hydroxyl groups is 3. The molecule has 1 aromatic carbocycles. The molecule has 0 radical (unpaired) electrons. The maximum absolute atomic E-state index is 12.6. The van der Waals surface area contributed by atoms with E-state index < -0.39 is 91.5 Å². The van der Waals surface area contributed by atoms with Crippen LogP contribution in [0.3, 0.4) is 0 Å². The van der Waals surface area contributed by atoms with Crippen LogP contribution in [0.4, 0.5) is 0 Å². The monoisotopic (exact) mass is 418 g/mol. The number of ketones is 2. The van der Waals surface area contributed by atoms with E-state index in [9.17, 15) is 49.8 Å². The molecule has 0 unspecified atom stereocenters. The average Bonchev–Trinajstić information content (AvgIpc) is 2.60. The van der Waals surface area contributed by atoms with E-state index in [1.165, 1.54) is 0 Å². The van der Waals surface area contributed by atoms with Crippen molar-refractivity contribution in [3.63, 3.8) is 0 Å². The Bertz CT molecular complexity index is 1220. The minimum Gasteiger partial charge on any atom is -0.507 e. The molecular weight excluding hydrogens is 408 g/mol. The van der Waals surface area contributed by atoms with Gasteiger partial charge in [-0.15, -0.1) is 0 Å². The van der Waals surface area contributed by atoms with Crippen molar-refractivity contribution in [2.75, 3.05) is 0 Å². The van der Waals surface area contributed by atoms with Gasteiger partial charge in [0.1, 0.15) is 45.7 Å². The van der Waals surface area contributed by atoms with Gasteiger partial charge in [-0.1, -0.05) is 0 Å². The van der Waals surface area contributed by atoms with Crippen LogP contribution in [0.5, 0.6) is 17.2 Å². The number of benzene rings is 1. The predicted octanol–water partition coefficient (Wildman–Crippen LogP) is 0.571. The molecule has 0 saturated heterocycles. The van der Waals surface area contributed by atoms with Crippen molar-refractivity contribution in [3.8, 4) is 17.2 Å². The lowest BCUT2D eigenvalue weighted by Gasteiger charge is -2.26. The van der Waals surface area contributed by atoms with Gasteiger partial charge in [0.25, 0.3) is 0 Å². The number of aliphatic carboxylic acids is 1. The number of phenols is 3. The number of hydrogen-bond acceptors (Lipinski definition) is 10. The molecular formula is C18H10O12. The smallest absolute Gasteiger partial charge is 0.343 e. The zero-order valence-electron chi connectivity index (χ0n) is 14.4. The number of carboxylic acids is 2. The van der Waals surface area contributed by atoms with Gasteiger partial charge in [0.15, 0.2) is 5.78 Å². The van der Waals surface area contributed by atoms with Gasteiger partial charge in [0.05, 0.1) is 22.3 Å². The normalized spacial score (nSPS) is 19.0. The number of allylic oxidation sites excluding steroid dienone is 4. The Morgan fingerprint density at radius 1 is 0.733 bits per heavy atom.